The highest BCUT2D eigenvalue weighted by molar-refractivity contribution is 6.01. The van der Waals surface area contributed by atoms with Crippen LogP contribution in [0.4, 0.5) is 5.69 Å². The van der Waals surface area contributed by atoms with Crippen molar-refractivity contribution in [2.45, 2.75) is 19.4 Å². The summed E-state index contributed by atoms with van der Waals surface area (Å²) < 4.78 is 0. The van der Waals surface area contributed by atoms with Crippen LogP contribution in [0, 0.1) is 0 Å². The Balaban J connectivity index is 0.00000136. The Bertz CT molecular complexity index is 877. The van der Waals surface area contributed by atoms with E-state index < -0.39 is 0 Å². The minimum atomic E-state index is -0.114. The minimum absolute atomic E-state index is 0.114. The molecule has 7 nitrogen and oxygen atoms in total. The molecule has 1 amide bonds. The molecule has 2 aromatic carbocycles. The predicted molar refractivity (Wildman–Crippen MR) is 112 cm³/mol. The molecule has 0 aromatic heterocycles. The lowest BCUT2D eigenvalue weighted by Crippen LogP contribution is -2.34. The van der Waals surface area contributed by atoms with E-state index in [9.17, 15) is 9.59 Å². The van der Waals surface area contributed by atoms with E-state index in [1.807, 2.05) is 48.5 Å². The molecule has 0 aliphatic carbocycles. The summed E-state index contributed by atoms with van der Waals surface area (Å²) in [6.07, 6.45) is 1.12. The first-order valence-electron chi connectivity index (χ1n) is 9.02. The second kappa shape index (κ2) is 9.68. The number of fused-ring (bicyclic) bond motifs is 2. The predicted octanol–water partition coefficient (Wildman–Crippen LogP) is 1.68. The van der Waals surface area contributed by atoms with Gasteiger partial charge >= 0.3 is 0 Å². The van der Waals surface area contributed by atoms with Gasteiger partial charge in [0.1, 0.15) is 6.29 Å². The lowest BCUT2D eigenvalue weighted by atomic mass is 9.95. The number of rotatable bonds is 4. The number of carbonyl (C=O) groups is 2. The summed E-state index contributed by atoms with van der Waals surface area (Å²) in [5, 5.41) is 1.51. The molecule has 0 fully saturated rings. The third-order valence-corrected chi connectivity index (χ3v) is 4.47. The molecular formula is C21H27N5O2. The maximum atomic E-state index is 12.8. The summed E-state index contributed by atoms with van der Waals surface area (Å²) in [5.74, 6) is 5.97. The molecule has 1 aliphatic rings. The molecular weight excluding hydrogens is 354 g/mol. The second-order valence-corrected chi connectivity index (χ2v) is 6.23. The number of amides is 1. The lowest BCUT2D eigenvalue weighted by molar-refractivity contribution is -0.120. The molecule has 0 atom stereocenters. The van der Waals surface area contributed by atoms with Gasteiger partial charge in [-0.05, 0) is 18.7 Å². The fourth-order valence-electron chi connectivity index (χ4n) is 3.27. The van der Waals surface area contributed by atoms with E-state index in [-0.39, 0.29) is 18.7 Å². The van der Waals surface area contributed by atoms with Crippen molar-refractivity contribution in [2.75, 3.05) is 19.0 Å². The number of para-hydroxylation sites is 1. The summed E-state index contributed by atoms with van der Waals surface area (Å²) in [4.78, 5) is 25.2. The average molecular weight is 381 g/mol. The summed E-state index contributed by atoms with van der Waals surface area (Å²) >= 11 is 0. The molecule has 6 N–H and O–H groups in total. The van der Waals surface area contributed by atoms with Crippen LogP contribution < -0.4 is 22.2 Å². The van der Waals surface area contributed by atoms with Gasteiger partial charge in [-0.25, -0.2) is 5.84 Å². The van der Waals surface area contributed by atoms with Crippen LogP contribution in [0.15, 0.2) is 48.5 Å². The summed E-state index contributed by atoms with van der Waals surface area (Å²) in [7, 11) is 3.25. The number of aldehydes is 1. The number of hydrazine groups is 1. The number of hydrogen-bond donors (Lipinski definition) is 3. The van der Waals surface area contributed by atoms with E-state index in [0.29, 0.717) is 17.9 Å². The average Bonchev–Trinajstić information content (AvgIpc) is 2.71. The highest BCUT2D eigenvalue weighted by atomic mass is 16.2. The molecule has 0 unspecified atom stereocenters. The van der Waals surface area contributed by atoms with Gasteiger partial charge in [-0.2, -0.15) is 0 Å². The molecule has 0 saturated carbocycles. The van der Waals surface area contributed by atoms with E-state index in [1.54, 1.807) is 11.9 Å². The molecule has 7 heteroatoms. The minimum Gasteiger partial charge on any atom is -0.396 e. The Hall–Kier alpha value is -3.16. The van der Waals surface area contributed by atoms with Crippen LogP contribution in [0.3, 0.4) is 0 Å². The van der Waals surface area contributed by atoms with Gasteiger partial charge in [-0.1, -0.05) is 42.5 Å². The van der Waals surface area contributed by atoms with Crippen LogP contribution in [-0.2, 0) is 16.1 Å². The van der Waals surface area contributed by atoms with Crippen molar-refractivity contribution in [2.24, 2.45) is 17.3 Å². The van der Waals surface area contributed by atoms with Gasteiger partial charge in [0.15, 0.2) is 0 Å². The molecule has 0 radical (unpaired) electrons. The molecule has 1 heterocycles. The molecule has 2 aromatic rings. The van der Waals surface area contributed by atoms with E-state index >= 15 is 0 Å². The zero-order valence-corrected chi connectivity index (χ0v) is 16.3. The number of anilines is 1. The molecule has 3 rings (SSSR count). The zero-order valence-electron chi connectivity index (χ0n) is 16.3. The highest BCUT2D eigenvalue weighted by Crippen LogP contribution is 2.36. The fraction of sp³-hybridized carbons (Fsp3) is 0.238. The maximum absolute atomic E-state index is 12.8. The first kappa shape index (κ1) is 21.1. The standard InChI is InChI=1S/C20H22N4O2.CH5N/c1-23(22)20-15-8-3-2-7-14(15)13-24(18(26)11-6-12-25)17-10-5-4-9-16(17)19(20)21;1-2/h2-5,7-10,12H,6,11,13,21-22H2,1H3;2H2,1H3/b20-19-;. The first-order valence-corrected chi connectivity index (χ1v) is 9.02. The van der Waals surface area contributed by atoms with Crippen LogP contribution >= 0.6 is 0 Å². The van der Waals surface area contributed by atoms with E-state index in [2.05, 4.69) is 5.73 Å². The van der Waals surface area contributed by atoms with Crippen molar-refractivity contribution >= 4 is 29.3 Å². The van der Waals surface area contributed by atoms with Crippen molar-refractivity contribution in [3.63, 3.8) is 0 Å². The van der Waals surface area contributed by atoms with E-state index in [0.717, 1.165) is 28.7 Å². The van der Waals surface area contributed by atoms with Gasteiger partial charge in [0.05, 0.1) is 23.6 Å². The molecule has 1 aliphatic heterocycles. The van der Waals surface area contributed by atoms with Crippen molar-refractivity contribution in [3.05, 3.63) is 65.2 Å². The number of carbonyl (C=O) groups excluding carboxylic acids is 2. The molecule has 0 saturated heterocycles. The van der Waals surface area contributed by atoms with Crippen LogP contribution in [0.25, 0.3) is 11.4 Å². The van der Waals surface area contributed by atoms with Gasteiger partial charge in [-0.15, -0.1) is 0 Å². The van der Waals surface area contributed by atoms with Crippen molar-refractivity contribution in [3.8, 4) is 0 Å². The number of hydrogen-bond acceptors (Lipinski definition) is 6. The number of nitrogens with two attached hydrogens (primary N) is 3. The van der Waals surface area contributed by atoms with Crippen molar-refractivity contribution < 1.29 is 9.59 Å². The Morgan fingerprint density at radius 3 is 2.36 bits per heavy atom. The second-order valence-electron chi connectivity index (χ2n) is 6.23. The first-order chi connectivity index (χ1) is 13.5. The zero-order chi connectivity index (χ0) is 20.7. The van der Waals surface area contributed by atoms with Gasteiger partial charge in [0.25, 0.3) is 0 Å². The normalized spacial score (nSPS) is 15.2. The smallest absolute Gasteiger partial charge is 0.227 e. The van der Waals surface area contributed by atoms with Crippen LogP contribution in [0.5, 0.6) is 0 Å². The highest BCUT2D eigenvalue weighted by Gasteiger charge is 2.26. The van der Waals surface area contributed by atoms with Crippen LogP contribution in [-0.4, -0.2) is 31.3 Å². The van der Waals surface area contributed by atoms with Crippen LogP contribution in [0.1, 0.15) is 29.5 Å². The van der Waals surface area contributed by atoms with Gasteiger partial charge in [-0.3, -0.25) is 4.79 Å². The topological polar surface area (TPSA) is 119 Å². The van der Waals surface area contributed by atoms with Crippen molar-refractivity contribution in [1.82, 2.24) is 5.01 Å². The summed E-state index contributed by atoms with van der Waals surface area (Å²) in [6, 6.07) is 15.2. The SMILES string of the molecule is CN.CN(N)/C1=C(\N)c2ccccc2N(C(=O)CCC=O)Cc2ccccc21. The lowest BCUT2D eigenvalue weighted by Gasteiger charge is -2.31. The number of benzene rings is 2. The van der Waals surface area contributed by atoms with Gasteiger partial charge < -0.3 is 26.2 Å². The molecule has 0 bridgehead atoms. The largest absolute Gasteiger partial charge is 0.396 e. The van der Waals surface area contributed by atoms with E-state index in [4.69, 9.17) is 11.6 Å². The Morgan fingerprint density at radius 1 is 1.11 bits per heavy atom. The third kappa shape index (κ3) is 4.21. The molecule has 28 heavy (non-hydrogen) atoms. The summed E-state index contributed by atoms with van der Waals surface area (Å²) in [5.41, 5.74) is 15.5. The monoisotopic (exact) mass is 381 g/mol. The molecule has 0 spiro atoms. The van der Waals surface area contributed by atoms with Gasteiger partial charge in [0.2, 0.25) is 5.91 Å². The summed E-state index contributed by atoms with van der Waals surface area (Å²) in [6.45, 7) is 0.384. The Labute approximate surface area is 165 Å². The van der Waals surface area contributed by atoms with Crippen LogP contribution in [0.2, 0.25) is 0 Å². The fourth-order valence-corrected chi connectivity index (χ4v) is 3.27. The third-order valence-electron chi connectivity index (χ3n) is 4.47. The number of nitrogens with zero attached hydrogens (tertiary/aromatic N) is 2. The Morgan fingerprint density at radius 2 is 1.71 bits per heavy atom. The molecule has 148 valence electrons. The van der Waals surface area contributed by atoms with Gasteiger partial charge in [0, 0.05) is 31.0 Å². The quantitative estimate of drug-likeness (QED) is 0.421. The van der Waals surface area contributed by atoms with E-state index in [1.165, 1.54) is 12.1 Å². The maximum Gasteiger partial charge on any atom is 0.227 e. The van der Waals surface area contributed by atoms with Crippen molar-refractivity contribution in [1.29, 1.82) is 0 Å². The Kier molecular flexibility index (Phi) is 7.31.